The summed E-state index contributed by atoms with van der Waals surface area (Å²) < 4.78 is 27.6. The van der Waals surface area contributed by atoms with Gasteiger partial charge >= 0.3 is 0 Å². The maximum absolute atomic E-state index is 13.1. The summed E-state index contributed by atoms with van der Waals surface area (Å²) in [4.78, 5) is 24.8. The van der Waals surface area contributed by atoms with Gasteiger partial charge in [-0.05, 0) is 41.3 Å². The Morgan fingerprint density at radius 3 is 2.24 bits per heavy atom. The molecule has 1 fully saturated rings. The SMILES string of the molecule is O=C(CNC(=O)C1CCN(S(=O)(=O)c2ccc3ccccc3c2)CC1)NCc1ccccc1. The van der Waals surface area contributed by atoms with Crippen molar-refractivity contribution in [2.45, 2.75) is 24.3 Å². The molecule has 0 aliphatic carbocycles. The Morgan fingerprint density at radius 2 is 1.52 bits per heavy atom. The van der Waals surface area contributed by atoms with Gasteiger partial charge in [0.25, 0.3) is 0 Å². The largest absolute Gasteiger partial charge is 0.350 e. The molecule has 4 rings (SSSR count). The Labute approximate surface area is 193 Å². The van der Waals surface area contributed by atoms with Crippen molar-refractivity contribution in [3.8, 4) is 0 Å². The van der Waals surface area contributed by atoms with Gasteiger partial charge < -0.3 is 10.6 Å². The van der Waals surface area contributed by atoms with Gasteiger partial charge in [0.2, 0.25) is 21.8 Å². The highest BCUT2D eigenvalue weighted by molar-refractivity contribution is 7.89. The van der Waals surface area contributed by atoms with E-state index in [0.29, 0.717) is 19.4 Å². The third-order valence-corrected chi connectivity index (χ3v) is 7.83. The van der Waals surface area contributed by atoms with Crippen LogP contribution >= 0.6 is 0 Å². The molecule has 1 heterocycles. The van der Waals surface area contributed by atoms with E-state index in [0.717, 1.165) is 16.3 Å². The second-order valence-electron chi connectivity index (χ2n) is 8.17. The number of carbonyl (C=O) groups excluding carboxylic acids is 2. The van der Waals surface area contributed by atoms with Crippen molar-refractivity contribution in [2.75, 3.05) is 19.6 Å². The fourth-order valence-electron chi connectivity index (χ4n) is 4.01. The second-order valence-corrected chi connectivity index (χ2v) is 10.1. The fraction of sp³-hybridized carbons (Fsp3) is 0.280. The fourth-order valence-corrected chi connectivity index (χ4v) is 5.51. The van der Waals surface area contributed by atoms with Crippen LogP contribution in [-0.4, -0.2) is 44.2 Å². The topological polar surface area (TPSA) is 95.6 Å². The number of piperidine rings is 1. The summed E-state index contributed by atoms with van der Waals surface area (Å²) in [5.74, 6) is -0.786. The molecule has 1 aliphatic rings. The van der Waals surface area contributed by atoms with Crippen LogP contribution in [0.5, 0.6) is 0 Å². The zero-order valence-corrected chi connectivity index (χ0v) is 19.1. The number of benzene rings is 3. The molecule has 0 aromatic heterocycles. The van der Waals surface area contributed by atoms with E-state index in [9.17, 15) is 18.0 Å². The molecule has 172 valence electrons. The molecule has 0 spiro atoms. The highest BCUT2D eigenvalue weighted by Crippen LogP contribution is 2.26. The van der Waals surface area contributed by atoms with E-state index < -0.39 is 10.0 Å². The average molecular weight is 466 g/mol. The lowest BCUT2D eigenvalue weighted by molar-refractivity contribution is -0.129. The maximum atomic E-state index is 13.1. The number of hydrogen-bond acceptors (Lipinski definition) is 4. The first-order valence-electron chi connectivity index (χ1n) is 11.0. The predicted octanol–water partition coefficient (Wildman–Crippen LogP) is 2.67. The molecule has 2 N–H and O–H groups in total. The van der Waals surface area contributed by atoms with E-state index in [1.54, 1.807) is 12.1 Å². The van der Waals surface area contributed by atoms with Crippen molar-refractivity contribution in [1.82, 2.24) is 14.9 Å². The third-order valence-electron chi connectivity index (χ3n) is 5.94. The van der Waals surface area contributed by atoms with Crippen LogP contribution < -0.4 is 10.6 Å². The van der Waals surface area contributed by atoms with Gasteiger partial charge in [0.1, 0.15) is 0 Å². The Hall–Kier alpha value is -3.23. The monoisotopic (exact) mass is 465 g/mol. The van der Waals surface area contributed by atoms with E-state index in [-0.39, 0.29) is 42.3 Å². The number of sulfonamides is 1. The molecule has 0 unspecified atom stereocenters. The minimum absolute atomic E-state index is 0.0960. The van der Waals surface area contributed by atoms with Gasteiger partial charge in [0.05, 0.1) is 11.4 Å². The molecule has 3 aromatic carbocycles. The lowest BCUT2D eigenvalue weighted by Crippen LogP contribution is -2.45. The van der Waals surface area contributed by atoms with Crippen LogP contribution in [0.2, 0.25) is 0 Å². The molecule has 0 saturated carbocycles. The van der Waals surface area contributed by atoms with Crippen LogP contribution in [0.3, 0.4) is 0 Å². The van der Waals surface area contributed by atoms with Gasteiger partial charge in [-0.1, -0.05) is 60.7 Å². The third kappa shape index (κ3) is 5.58. The summed E-state index contributed by atoms with van der Waals surface area (Å²) in [6.07, 6.45) is 0.842. The van der Waals surface area contributed by atoms with Crippen LogP contribution in [0.1, 0.15) is 18.4 Å². The van der Waals surface area contributed by atoms with Crippen LogP contribution in [0.4, 0.5) is 0 Å². The van der Waals surface area contributed by atoms with E-state index in [1.165, 1.54) is 4.31 Å². The van der Waals surface area contributed by atoms with Gasteiger partial charge in [0, 0.05) is 25.6 Å². The molecule has 3 aromatic rings. The van der Waals surface area contributed by atoms with Crippen molar-refractivity contribution >= 4 is 32.6 Å². The van der Waals surface area contributed by atoms with Crippen LogP contribution in [0.25, 0.3) is 10.8 Å². The minimum atomic E-state index is -3.62. The Kier molecular flexibility index (Phi) is 7.05. The molecule has 2 amide bonds. The zero-order chi connectivity index (χ0) is 23.3. The van der Waals surface area contributed by atoms with Crippen molar-refractivity contribution in [3.05, 3.63) is 78.4 Å². The van der Waals surface area contributed by atoms with Crippen molar-refractivity contribution in [1.29, 1.82) is 0 Å². The summed E-state index contributed by atoms with van der Waals surface area (Å²) in [5.41, 5.74) is 0.983. The van der Waals surface area contributed by atoms with E-state index >= 15 is 0 Å². The predicted molar refractivity (Wildman–Crippen MR) is 127 cm³/mol. The number of nitrogens with zero attached hydrogens (tertiary/aromatic N) is 1. The van der Waals surface area contributed by atoms with E-state index in [1.807, 2.05) is 60.7 Å². The van der Waals surface area contributed by atoms with Gasteiger partial charge in [-0.2, -0.15) is 4.31 Å². The molecule has 0 radical (unpaired) electrons. The van der Waals surface area contributed by atoms with Crippen molar-refractivity contribution in [2.24, 2.45) is 5.92 Å². The van der Waals surface area contributed by atoms with Gasteiger partial charge in [-0.3, -0.25) is 9.59 Å². The Morgan fingerprint density at radius 1 is 0.848 bits per heavy atom. The molecule has 1 saturated heterocycles. The molecule has 8 heteroatoms. The van der Waals surface area contributed by atoms with Crippen molar-refractivity contribution < 1.29 is 18.0 Å². The Balaban J connectivity index is 1.27. The first-order valence-corrected chi connectivity index (χ1v) is 12.4. The number of nitrogens with one attached hydrogen (secondary N) is 2. The summed E-state index contributed by atoms with van der Waals surface area (Å²) in [6, 6.07) is 22.3. The first kappa shape index (κ1) is 22.9. The summed E-state index contributed by atoms with van der Waals surface area (Å²) in [7, 11) is -3.62. The molecule has 1 aliphatic heterocycles. The molecular weight excluding hydrogens is 438 g/mol. The number of fused-ring (bicyclic) bond motifs is 1. The standard InChI is InChI=1S/C25H27N3O4S/c29-24(26-17-19-6-2-1-3-7-19)18-27-25(30)21-12-14-28(15-13-21)33(31,32)23-11-10-20-8-4-5-9-22(20)16-23/h1-11,16,21H,12-15,17-18H2,(H,26,29)(H,27,30). The van der Waals surface area contributed by atoms with E-state index in [2.05, 4.69) is 10.6 Å². The molecule has 7 nitrogen and oxygen atoms in total. The Bertz CT molecular complexity index is 1240. The molecular formula is C25H27N3O4S. The molecule has 0 atom stereocenters. The average Bonchev–Trinajstić information content (AvgIpc) is 2.86. The lowest BCUT2D eigenvalue weighted by atomic mass is 9.97. The van der Waals surface area contributed by atoms with Crippen molar-refractivity contribution in [3.63, 3.8) is 0 Å². The highest BCUT2D eigenvalue weighted by Gasteiger charge is 2.32. The van der Waals surface area contributed by atoms with Gasteiger partial charge in [-0.25, -0.2) is 8.42 Å². The molecule has 0 bridgehead atoms. The number of amides is 2. The zero-order valence-electron chi connectivity index (χ0n) is 18.2. The summed E-state index contributed by atoms with van der Waals surface area (Å²) in [6.45, 7) is 0.850. The van der Waals surface area contributed by atoms with Crippen LogP contribution in [0.15, 0.2) is 77.7 Å². The minimum Gasteiger partial charge on any atom is -0.350 e. The van der Waals surface area contributed by atoms with Gasteiger partial charge in [0.15, 0.2) is 0 Å². The second kappa shape index (κ2) is 10.1. The number of carbonyl (C=O) groups is 2. The number of rotatable bonds is 7. The smallest absolute Gasteiger partial charge is 0.243 e. The first-order chi connectivity index (χ1) is 15.9. The maximum Gasteiger partial charge on any atom is 0.243 e. The van der Waals surface area contributed by atoms with Crippen LogP contribution in [-0.2, 0) is 26.2 Å². The quantitative estimate of drug-likeness (QED) is 0.561. The van der Waals surface area contributed by atoms with Crippen LogP contribution in [0, 0.1) is 5.92 Å². The molecule has 33 heavy (non-hydrogen) atoms. The normalized spacial score (nSPS) is 15.3. The van der Waals surface area contributed by atoms with Gasteiger partial charge in [-0.15, -0.1) is 0 Å². The number of hydrogen-bond donors (Lipinski definition) is 2. The van der Waals surface area contributed by atoms with E-state index in [4.69, 9.17) is 0 Å². The highest BCUT2D eigenvalue weighted by atomic mass is 32.2. The summed E-state index contributed by atoms with van der Waals surface area (Å²) in [5, 5.41) is 7.31. The summed E-state index contributed by atoms with van der Waals surface area (Å²) >= 11 is 0. The lowest BCUT2D eigenvalue weighted by Gasteiger charge is -2.30.